The van der Waals surface area contributed by atoms with Crippen molar-refractivity contribution in [2.75, 3.05) is 55.7 Å². The summed E-state index contributed by atoms with van der Waals surface area (Å²) in [6, 6.07) is 10.5. The third kappa shape index (κ3) is 5.77. The summed E-state index contributed by atoms with van der Waals surface area (Å²) >= 11 is 0. The molecular formula is C32H30N2O11. The molecule has 0 spiro atoms. The molecule has 2 heterocycles. The summed E-state index contributed by atoms with van der Waals surface area (Å²) in [6.07, 6.45) is 1.84. The number of rotatable bonds is 11. The summed E-state index contributed by atoms with van der Waals surface area (Å²) in [4.78, 5) is 26.3. The molecule has 0 saturated heterocycles. The van der Waals surface area contributed by atoms with Crippen LogP contribution >= 0.6 is 0 Å². The van der Waals surface area contributed by atoms with Crippen LogP contribution in [0.15, 0.2) is 35.9 Å². The molecule has 3 aromatic carbocycles. The average molecular weight is 619 g/mol. The quantitative estimate of drug-likeness (QED) is 0.188. The lowest BCUT2D eigenvalue weighted by Crippen LogP contribution is -2.26. The fourth-order valence-corrected chi connectivity index (χ4v) is 5.05. The molecule has 2 aliphatic rings. The monoisotopic (exact) mass is 618 g/mol. The number of hydrogen-bond acceptors (Lipinski definition) is 12. The minimum atomic E-state index is -0.701. The Morgan fingerprint density at radius 3 is 2.00 bits per heavy atom. The van der Waals surface area contributed by atoms with Crippen LogP contribution in [0.4, 0.5) is 0 Å². The fraction of sp³-hybridized carbons (Fsp3) is 0.281. The Morgan fingerprint density at radius 1 is 0.800 bits per heavy atom. The summed E-state index contributed by atoms with van der Waals surface area (Å²) in [6.45, 7) is -0.0543. The van der Waals surface area contributed by atoms with Crippen molar-refractivity contribution in [2.45, 2.75) is 6.42 Å². The molecule has 45 heavy (non-hydrogen) atoms. The standard InChI is InChI=1S/C32H30N2O11/c1-37-21-7-6-17(10-22(21)38-2)8-9-34-31(35)19(14-33)11-18-12-23(39-3)27-29(44-15-42-27)25(18)26-20(32(36)41-5)13-24(40-4)28-30(26)45-16-43-28/h6-7,10-13H,8-9,15-16H2,1-5H3,(H,34,35)/b19-11+. The van der Waals surface area contributed by atoms with E-state index in [4.69, 9.17) is 42.6 Å². The number of benzene rings is 3. The van der Waals surface area contributed by atoms with E-state index >= 15 is 0 Å². The molecular weight excluding hydrogens is 588 g/mol. The second-order valence-corrected chi connectivity index (χ2v) is 9.53. The predicted molar refractivity (Wildman–Crippen MR) is 158 cm³/mol. The molecule has 0 radical (unpaired) electrons. The van der Waals surface area contributed by atoms with Crippen molar-refractivity contribution in [1.29, 1.82) is 5.26 Å². The average Bonchev–Trinajstić information content (AvgIpc) is 3.76. The van der Waals surface area contributed by atoms with Gasteiger partial charge in [-0.15, -0.1) is 0 Å². The SMILES string of the molecule is COC(=O)c1cc(OC)c2c(c1-c1c(/C=C(\C#N)C(=O)NCCc3ccc(OC)c(OC)c3)cc(OC)c3c1OCO3)OCO2. The molecule has 0 aromatic heterocycles. The van der Waals surface area contributed by atoms with E-state index in [1.54, 1.807) is 26.4 Å². The number of amides is 1. The summed E-state index contributed by atoms with van der Waals surface area (Å²) in [5.41, 5.74) is 1.57. The first-order chi connectivity index (χ1) is 21.9. The van der Waals surface area contributed by atoms with Crippen molar-refractivity contribution >= 4 is 18.0 Å². The zero-order valence-electron chi connectivity index (χ0n) is 25.2. The van der Waals surface area contributed by atoms with E-state index in [1.807, 2.05) is 18.2 Å². The first-order valence-corrected chi connectivity index (χ1v) is 13.6. The van der Waals surface area contributed by atoms with Gasteiger partial charge in [0.1, 0.15) is 11.6 Å². The number of hydrogen-bond donors (Lipinski definition) is 1. The van der Waals surface area contributed by atoms with Crippen molar-refractivity contribution in [3.63, 3.8) is 0 Å². The maximum absolute atomic E-state index is 13.3. The molecule has 13 heteroatoms. The number of nitrogens with zero attached hydrogens (tertiary/aromatic N) is 1. The van der Waals surface area contributed by atoms with Crippen LogP contribution in [-0.4, -0.2) is 67.6 Å². The van der Waals surface area contributed by atoms with Crippen LogP contribution in [0.3, 0.4) is 0 Å². The summed E-state index contributed by atoms with van der Waals surface area (Å²) in [7, 11) is 7.20. The number of carbonyl (C=O) groups is 2. The van der Waals surface area contributed by atoms with Crippen molar-refractivity contribution < 1.29 is 52.2 Å². The van der Waals surface area contributed by atoms with E-state index in [2.05, 4.69) is 5.32 Å². The van der Waals surface area contributed by atoms with E-state index < -0.39 is 11.9 Å². The maximum Gasteiger partial charge on any atom is 0.338 e. The van der Waals surface area contributed by atoms with Gasteiger partial charge in [0.2, 0.25) is 25.1 Å². The Balaban J connectivity index is 1.57. The molecule has 3 aromatic rings. The van der Waals surface area contributed by atoms with E-state index in [1.165, 1.54) is 33.5 Å². The number of nitriles is 1. The molecule has 0 fully saturated rings. The van der Waals surface area contributed by atoms with Crippen LogP contribution < -0.4 is 43.2 Å². The van der Waals surface area contributed by atoms with Crippen LogP contribution in [0.2, 0.25) is 0 Å². The van der Waals surface area contributed by atoms with Crippen LogP contribution in [0, 0.1) is 11.3 Å². The van der Waals surface area contributed by atoms with Gasteiger partial charge in [0.05, 0.1) is 41.1 Å². The van der Waals surface area contributed by atoms with Crippen molar-refractivity contribution in [2.24, 2.45) is 0 Å². The van der Waals surface area contributed by atoms with Crippen molar-refractivity contribution in [3.05, 3.63) is 52.6 Å². The molecule has 1 amide bonds. The van der Waals surface area contributed by atoms with Crippen LogP contribution in [-0.2, 0) is 16.0 Å². The Bertz CT molecular complexity index is 1730. The van der Waals surface area contributed by atoms with Gasteiger partial charge < -0.3 is 47.9 Å². The molecule has 0 aliphatic carbocycles. The van der Waals surface area contributed by atoms with Gasteiger partial charge in [0.25, 0.3) is 5.91 Å². The maximum atomic E-state index is 13.3. The van der Waals surface area contributed by atoms with Crippen LogP contribution in [0.25, 0.3) is 17.2 Å². The number of nitrogens with one attached hydrogen (secondary N) is 1. The zero-order chi connectivity index (χ0) is 32.1. The van der Waals surface area contributed by atoms with Gasteiger partial charge in [0, 0.05) is 17.7 Å². The zero-order valence-corrected chi connectivity index (χ0v) is 25.2. The molecule has 13 nitrogen and oxygen atoms in total. The lowest BCUT2D eigenvalue weighted by molar-refractivity contribution is -0.117. The van der Waals surface area contributed by atoms with Gasteiger partial charge in [-0.25, -0.2) is 4.79 Å². The number of carbonyl (C=O) groups excluding carboxylic acids is 2. The lowest BCUT2D eigenvalue weighted by Gasteiger charge is -2.18. The molecule has 0 atom stereocenters. The van der Waals surface area contributed by atoms with Gasteiger partial charge in [-0.1, -0.05) is 6.07 Å². The van der Waals surface area contributed by atoms with Gasteiger partial charge in [-0.3, -0.25) is 4.79 Å². The van der Waals surface area contributed by atoms with E-state index in [0.29, 0.717) is 29.0 Å². The van der Waals surface area contributed by atoms with E-state index in [9.17, 15) is 14.9 Å². The van der Waals surface area contributed by atoms with Gasteiger partial charge in [-0.05, 0) is 47.9 Å². The van der Waals surface area contributed by atoms with Gasteiger partial charge in [-0.2, -0.15) is 5.26 Å². The van der Waals surface area contributed by atoms with Crippen molar-refractivity contribution in [3.8, 4) is 63.2 Å². The second-order valence-electron chi connectivity index (χ2n) is 9.53. The fourth-order valence-electron chi connectivity index (χ4n) is 5.05. The third-order valence-corrected chi connectivity index (χ3v) is 7.15. The molecule has 0 saturated carbocycles. The van der Waals surface area contributed by atoms with E-state index in [0.717, 1.165) is 5.56 Å². The highest BCUT2D eigenvalue weighted by Gasteiger charge is 2.36. The Hall–Kier alpha value is -5.77. The first kappa shape index (κ1) is 30.7. The highest BCUT2D eigenvalue weighted by molar-refractivity contribution is 6.07. The Morgan fingerprint density at radius 2 is 1.40 bits per heavy atom. The largest absolute Gasteiger partial charge is 0.493 e. The number of methoxy groups -OCH3 is 5. The number of fused-ring (bicyclic) bond motifs is 2. The third-order valence-electron chi connectivity index (χ3n) is 7.15. The summed E-state index contributed by atoms with van der Waals surface area (Å²) < 4.78 is 49.7. The highest BCUT2D eigenvalue weighted by Crippen LogP contribution is 2.57. The normalized spacial score (nSPS) is 12.7. The number of ether oxygens (including phenoxy) is 9. The van der Waals surface area contributed by atoms with Crippen molar-refractivity contribution in [1.82, 2.24) is 5.32 Å². The topological polar surface area (TPSA) is 153 Å². The molecule has 5 rings (SSSR count). The van der Waals surface area contributed by atoms with Gasteiger partial charge in [0.15, 0.2) is 34.5 Å². The first-order valence-electron chi connectivity index (χ1n) is 13.6. The Kier molecular flexibility index (Phi) is 9.04. The van der Waals surface area contributed by atoms with Crippen LogP contribution in [0.5, 0.6) is 46.0 Å². The second kappa shape index (κ2) is 13.3. The van der Waals surface area contributed by atoms with Gasteiger partial charge >= 0.3 is 5.97 Å². The molecule has 1 N–H and O–H groups in total. The minimum Gasteiger partial charge on any atom is -0.493 e. The lowest BCUT2D eigenvalue weighted by atomic mass is 9.91. The van der Waals surface area contributed by atoms with E-state index in [-0.39, 0.29) is 71.3 Å². The minimum absolute atomic E-state index is 0.0639. The summed E-state index contributed by atoms with van der Waals surface area (Å²) in [5, 5.41) is 12.8. The molecule has 2 aliphatic heterocycles. The van der Waals surface area contributed by atoms with Crippen LogP contribution in [0.1, 0.15) is 21.5 Å². The molecule has 0 bridgehead atoms. The number of esters is 1. The molecule has 0 unspecified atom stereocenters. The highest BCUT2D eigenvalue weighted by atomic mass is 16.7. The predicted octanol–water partition coefficient (Wildman–Crippen LogP) is 3.90. The summed E-state index contributed by atoms with van der Waals surface area (Å²) in [5.74, 6) is 1.28. The Labute approximate surface area is 258 Å². The smallest absolute Gasteiger partial charge is 0.338 e. The molecule has 234 valence electrons.